The molecule has 32 heteroatoms. The highest BCUT2D eigenvalue weighted by Gasteiger charge is 2.61. The summed E-state index contributed by atoms with van der Waals surface area (Å²) >= 11 is 2.25. The van der Waals surface area contributed by atoms with Crippen molar-refractivity contribution in [2.45, 2.75) is 166 Å². The number of rotatable bonds is 16. The summed E-state index contributed by atoms with van der Waals surface area (Å²) < 4.78 is 63.4. The Morgan fingerprint density at radius 3 is 1.44 bits per heavy atom. The van der Waals surface area contributed by atoms with Gasteiger partial charge in [0.25, 0.3) is 15.8 Å². The molecule has 12 atom stereocenters. The first kappa shape index (κ1) is 89.9. The van der Waals surface area contributed by atoms with Crippen LogP contribution < -0.4 is 10.6 Å². The van der Waals surface area contributed by atoms with Crippen LogP contribution in [0.2, 0.25) is 0 Å². The number of benzene rings is 1. The molecule has 7 fully saturated rings. The standard InChI is InChI=1S/C24H30N4O7.C17H27N3O4.C7H15N.C6H14N2.C6H12O3S.C2HF3O.C2H7N.CH4IP.CH4/c1-13-18(12-26-10-9-17(11-26)25(3)4)21(27-20(13)19(14(2)29)22(27)30)24(32)35-23(31)15-5-7-16(8-6-15)28(33)34;1-9-12(8-19-6-5-11(7-19)18(3)4)15(17(23)24)20-14(9)13(10(2)21)16(20)22;1-8(2)7-5-3-4-6-7;1-8(2)6-3-4-7-5-6;1-10(7,8)9-6-4-2-3-5-6;3-2(4,5)1-6;1-3-2;2-1-3;/h5-8,13-14,17,19-20,29H,9-12H2,1-4H3;9-11,13-14,21H,5-8H2,1-4H3,(H,23,24);7H,3-6H2,1-2H3;6-7H,3-5H2,1-2H3;6H,2-5H2,1H3;1H;3H,1-2H3;1,3H2;1H4/t13-,14+,17-,19+,20+;9-,10+,11-,13+,14+;;6-;;;;;/m00.0...../s1. The molecule has 5 saturated heterocycles. The van der Waals surface area contributed by atoms with Crippen LogP contribution in [0.5, 0.6) is 0 Å². The zero-order valence-corrected chi connectivity index (χ0v) is 63.4. The van der Waals surface area contributed by atoms with E-state index in [9.17, 15) is 71.0 Å². The van der Waals surface area contributed by atoms with E-state index >= 15 is 0 Å². The number of alkyl halides is 4. The molecule has 98 heavy (non-hydrogen) atoms. The van der Waals surface area contributed by atoms with Crippen molar-refractivity contribution in [1.82, 2.24) is 49.8 Å². The summed E-state index contributed by atoms with van der Waals surface area (Å²) in [5.74, 6) is -4.89. The number of carbonyl (C=O) groups excluding carboxylic acids is 5. The maximum atomic E-state index is 13.2. The van der Waals surface area contributed by atoms with E-state index in [-0.39, 0.29) is 71.9 Å². The number of nitrogens with zero attached hydrogens (tertiary/aromatic N) is 9. The number of carboxylic acid groups (broad SMARTS) is 1. The van der Waals surface area contributed by atoms with E-state index in [0.717, 1.165) is 105 Å². The highest BCUT2D eigenvalue weighted by atomic mass is 127. The lowest BCUT2D eigenvalue weighted by molar-refractivity contribution is -0.384. The van der Waals surface area contributed by atoms with Crippen LogP contribution in [0.15, 0.2) is 46.8 Å². The van der Waals surface area contributed by atoms with Crippen LogP contribution in [0.25, 0.3) is 0 Å². The van der Waals surface area contributed by atoms with Crippen molar-refractivity contribution in [3.05, 3.63) is 62.5 Å². The Hall–Kier alpha value is -4.22. The Morgan fingerprint density at radius 2 is 1.13 bits per heavy atom. The van der Waals surface area contributed by atoms with Crippen molar-refractivity contribution in [2.24, 2.45) is 23.7 Å². The number of esters is 2. The molecule has 0 bridgehead atoms. The third kappa shape index (κ3) is 26.6. The molecule has 1 aromatic rings. The number of ether oxygens (including phenoxy) is 1. The van der Waals surface area contributed by atoms with Crippen molar-refractivity contribution in [3.8, 4) is 0 Å². The molecule has 2 saturated carbocycles. The number of fused-ring (bicyclic) bond motifs is 2. The average molecular weight is 1550 g/mol. The van der Waals surface area contributed by atoms with Gasteiger partial charge in [-0.2, -0.15) is 21.6 Å². The van der Waals surface area contributed by atoms with Gasteiger partial charge in [0, 0.05) is 98.1 Å². The Balaban J connectivity index is 0.000000443. The molecular formula is C66H114F3IN11O15PS. The van der Waals surface area contributed by atoms with Crippen LogP contribution in [0.4, 0.5) is 18.9 Å². The second-order valence-corrected chi connectivity index (χ2v) is 31.4. The lowest BCUT2D eigenvalue weighted by Crippen LogP contribution is -2.63. The number of β-lactam (4-membered cyclic amide) rings is 2. The third-order valence-electron chi connectivity index (χ3n) is 18.8. The number of carbonyl (C=O) groups is 6. The molecular weight excluding hydrogens is 1430 g/mol. The largest absolute Gasteiger partial charge is 0.477 e. The predicted molar refractivity (Wildman–Crippen MR) is 384 cm³/mol. The number of likely N-dealkylation sites (tertiary alicyclic amines) is 2. The molecule has 2 amide bonds. The van der Waals surface area contributed by atoms with E-state index in [1.807, 2.05) is 42.0 Å². The maximum absolute atomic E-state index is 13.2. The van der Waals surface area contributed by atoms with Gasteiger partial charge < -0.3 is 60.1 Å². The fourth-order valence-corrected chi connectivity index (χ4v) is 14.3. The molecule has 1 unspecified atom stereocenters. The second-order valence-electron chi connectivity index (χ2n) is 26.9. The number of amides is 2. The number of aliphatic hydroxyl groups excluding tert-OH is 2. The van der Waals surface area contributed by atoms with E-state index in [1.54, 1.807) is 13.8 Å². The van der Waals surface area contributed by atoms with Crippen LogP contribution in [0.1, 0.15) is 116 Å². The van der Waals surface area contributed by atoms with Crippen molar-refractivity contribution in [1.29, 1.82) is 0 Å². The molecule has 1 aromatic carbocycles. The summed E-state index contributed by atoms with van der Waals surface area (Å²) in [6.45, 7) is 14.0. The fraction of sp³-hybridized carbons (Fsp3) is 0.758. The first-order chi connectivity index (χ1) is 45.3. The molecule has 26 nitrogen and oxygen atoms in total. The number of aldehydes is 1. The number of non-ortho nitro benzene ring substituents is 1. The molecule has 7 aliphatic heterocycles. The van der Waals surface area contributed by atoms with Gasteiger partial charge in [0.2, 0.25) is 18.1 Å². The summed E-state index contributed by atoms with van der Waals surface area (Å²) in [6.07, 6.45) is 6.84. The van der Waals surface area contributed by atoms with Crippen LogP contribution >= 0.6 is 31.8 Å². The van der Waals surface area contributed by atoms with E-state index in [1.165, 1.54) is 67.1 Å². The lowest BCUT2D eigenvalue weighted by atomic mass is 9.77. The number of nitro groups is 1. The van der Waals surface area contributed by atoms with Gasteiger partial charge in [-0.05, 0) is 159 Å². The SMILES string of the molecule is C.CN(C)C1CCCC1.CN(C)[C@H]1CCNC1.CNC.CS(=O)(=O)OC1CCCC1.C[C@@H](O)[C@H]1C(=O)N2C(C(=O)O)=C(CN3CC[C@H](N(C)C)C3)[C@H](C)[C@H]12.C[C@@H](O)[C@H]1C(=O)N2C(C(=O)OC(=O)c3ccc([N+](=O)[O-])cc3)=C(CN3CC[C@H](N(C)C)C3)[C@H](C)[C@H]12.O=CC(F)(F)F.PCI. The van der Waals surface area contributed by atoms with Gasteiger partial charge in [0.05, 0.1) is 59.0 Å². The van der Waals surface area contributed by atoms with Crippen LogP contribution in [0, 0.1) is 33.8 Å². The molecule has 2 aliphatic carbocycles. The number of hydrogen-bond acceptors (Lipinski definition) is 22. The first-order valence-corrected chi connectivity index (χ1v) is 37.3. The lowest BCUT2D eigenvalue weighted by Gasteiger charge is -2.46. The molecule has 0 radical (unpaired) electrons. The highest BCUT2D eigenvalue weighted by molar-refractivity contribution is 14.1. The number of carboxylic acids is 1. The molecule has 10 rings (SSSR count). The van der Waals surface area contributed by atoms with E-state index in [2.05, 4.69) is 114 Å². The Kier molecular flexibility index (Phi) is 38.9. The quantitative estimate of drug-likeness (QED) is 0.0128. The number of aliphatic carboxylic acids is 1. The summed E-state index contributed by atoms with van der Waals surface area (Å²) in [5, 5.41) is 46.6. The van der Waals surface area contributed by atoms with E-state index in [4.69, 9.17) is 13.7 Å². The highest BCUT2D eigenvalue weighted by Crippen LogP contribution is 2.49. The van der Waals surface area contributed by atoms with Crippen molar-refractivity contribution in [3.63, 3.8) is 0 Å². The van der Waals surface area contributed by atoms with Gasteiger partial charge >= 0.3 is 24.1 Å². The number of aliphatic hydroxyl groups is 2. The van der Waals surface area contributed by atoms with E-state index < -0.39 is 69.5 Å². The molecule has 7 heterocycles. The van der Waals surface area contributed by atoms with Gasteiger partial charge in [-0.1, -0.05) is 69.5 Å². The summed E-state index contributed by atoms with van der Waals surface area (Å²) in [5.41, 5.74) is 1.53. The molecule has 0 spiro atoms. The van der Waals surface area contributed by atoms with Crippen molar-refractivity contribution in [2.75, 3.05) is 133 Å². The minimum atomic E-state index is -4.64. The zero-order valence-electron chi connectivity index (χ0n) is 59.3. The number of hydrogen-bond donors (Lipinski definition) is 5. The van der Waals surface area contributed by atoms with Gasteiger partial charge in [-0.15, -0.1) is 9.24 Å². The second kappa shape index (κ2) is 42.4. The number of likely N-dealkylation sites (N-methyl/N-ethyl adjacent to an activating group) is 3. The molecule has 562 valence electrons. The summed E-state index contributed by atoms with van der Waals surface area (Å²) in [4.78, 5) is 98.0. The normalized spacial score (nSPS) is 25.8. The Labute approximate surface area is 595 Å². The van der Waals surface area contributed by atoms with Gasteiger partial charge in [-0.3, -0.25) is 38.5 Å². The average Bonchev–Trinajstić information content (AvgIpc) is 1.55. The minimum Gasteiger partial charge on any atom is -0.477 e. The monoisotopic (exact) mass is 1550 g/mol. The Bertz CT molecular complexity index is 2880. The molecule has 5 N–H and O–H groups in total. The minimum absolute atomic E-state index is 0. The topological polar surface area (TPSA) is 309 Å². The third-order valence-corrected chi connectivity index (χ3v) is 19.5. The Morgan fingerprint density at radius 1 is 0.745 bits per heavy atom. The van der Waals surface area contributed by atoms with Gasteiger partial charge in [0.1, 0.15) is 11.4 Å². The van der Waals surface area contributed by atoms with Crippen molar-refractivity contribution >= 4 is 83.6 Å². The van der Waals surface area contributed by atoms with Gasteiger partial charge in [-0.25, -0.2) is 14.4 Å². The summed E-state index contributed by atoms with van der Waals surface area (Å²) in [6, 6.07) is 6.70. The molecule has 9 aliphatic rings. The van der Waals surface area contributed by atoms with Crippen LogP contribution in [0.3, 0.4) is 0 Å². The smallest absolute Gasteiger partial charge is 0.446 e. The van der Waals surface area contributed by atoms with Crippen molar-refractivity contribution < 1.29 is 79.5 Å². The first-order valence-electron chi connectivity index (χ1n) is 33.1. The fourth-order valence-electron chi connectivity index (χ4n) is 13.6. The summed E-state index contributed by atoms with van der Waals surface area (Å²) in [7, 11) is 19.9. The number of nitro benzene ring substituents is 1. The van der Waals surface area contributed by atoms with Gasteiger partial charge in [0.15, 0.2) is 0 Å². The maximum Gasteiger partial charge on any atom is 0.446 e. The van der Waals surface area contributed by atoms with Crippen LogP contribution in [-0.2, 0) is 43.0 Å². The number of nitrogens with one attached hydrogen (secondary N) is 2. The number of halogens is 4. The predicted octanol–water partition coefficient (Wildman–Crippen LogP) is 5.62. The van der Waals surface area contributed by atoms with Crippen LogP contribution in [-0.4, -0.2) is 298 Å². The zero-order chi connectivity index (χ0) is 73.6. The van der Waals surface area contributed by atoms with E-state index in [0.29, 0.717) is 30.7 Å². The molecule has 0 aromatic heterocycles.